The highest BCUT2D eigenvalue weighted by molar-refractivity contribution is 6.12. The van der Waals surface area contributed by atoms with Gasteiger partial charge in [-0.25, -0.2) is 9.79 Å². The maximum Gasteiger partial charge on any atom is 0.363 e. The van der Waals surface area contributed by atoms with Gasteiger partial charge >= 0.3 is 5.97 Å². The van der Waals surface area contributed by atoms with Crippen LogP contribution in [0.1, 0.15) is 22.3 Å². The lowest BCUT2D eigenvalue weighted by Gasteiger charge is -2.14. The average molecular weight is 507 g/mol. The number of carbonyl (C=O) groups is 1. The molecule has 0 amide bonds. The van der Waals surface area contributed by atoms with Crippen LogP contribution in [0.15, 0.2) is 114 Å². The second kappa shape index (κ2) is 11.2. The molecule has 0 saturated carbocycles. The van der Waals surface area contributed by atoms with Crippen LogP contribution in [0.4, 0.5) is 5.69 Å². The fourth-order valence-electron chi connectivity index (χ4n) is 3.73. The van der Waals surface area contributed by atoms with E-state index in [-0.39, 0.29) is 17.3 Å². The molecule has 4 aromatic carbocycles. The zero-order valence-electron chi connectivity index (χ0n) is 20.2. The third-order valence-corrected chi connectivity index (χ3v) is 5.69. The first-order valence-corrected chi connectivity index (χ1v) is 11.8. The van der Waals surface area contributed by atoms with Crippen molar-refractivity contribution in [2.45, 2.75) is 13.2 Å². The summed E-state index contributed by atoms with van der Waals surface area (Å²) in [5, 5.41) is 10.9. The minimum Gasteiger partial charge on any atom is -0.485 e. The first kappa shape index (κ1) is 24.5. The van der Waals surface area contributed by atoms with Crippen LogP contribution in [-0.4, -0.2) is 16.8 Å². The van der Waals surface area contributed by atoms with Crippen LogP contribution < -0.4 is 9.47 Å². The number of esters is 1. The molecule has 8 heteroatoms. The van der Waals surface area contributed by atoms with Gasteiger partial charge in [0.25, 0.3) is 5.69 Å². The van der Waals surface area contributed by atoms with Crippen molar-refractivity contribution in [3.8, 4) is 11.5 Å². The number of carbonyl (C=O) groups excluding carboxylic acids is 1. The fourth-order valence-corrected chi connectivity index (χ4v) is 3.73. The van der Waals surface area contributed by atoms with E-state index in [4.69, 9.17) is 14.2 Å². The van der Waals surface area contributed by atoms with Crippen molar-refractivity contribution >= 4 is 23.6 Å². The third-order valence-electron chi connectivity index (χ3n) is 5.69. The van der Waals surface area contributed by atoms with Crippen LogP contribution in [0.5, 0.6) is 11.5 Å². The van der Waals surface area contributed by atoms with Gasteiger partial charge in [-0.2, -0.15) is 0 Å². The van der Waals surface area contributed by atoms with Crippen molar-refractivity contribution < 1.29 is 23.9 Å². The summed E-state index contributed by atoms with van der Waals surface area (Å²) >= 11 is 0. The molecule has 0 bridgehead atoms. The number of nitro groups is 1. The van der Waals surface area contributed by atoms with Gasteiger partial charge < -0.3 is 14.2 Å². The molecule has 0 atom stereocenters. The number of rotatable bonds is 9. The van der Waals surface area contributed by atoms with Gasteiger partial charge in [0.2, 0.25) is 5.90 Å². The Labute approximate surface area is 218 Å². The molecule has 0 radical (unpaired) electrons. The molecule has 0 aliphatic carbocycles. The highest BCUT2D eigenvalue weighted by Gasteiger charge is 2.24. The summed E-state index contributed by atoms with van der Waals surface area (Å²) in [4.78, 5) is 27.2. The van der Waals surface area contributed by atoms with Crippen molar-refractivity contribution in [1.29, 1.82) is 0 Å². The molecule has 0 fully saturated rings. The monoisotopic (exact) mass is 506 g/mol. The number of ether oxygens (including phenoxy) is 3. The van der Waals surface area contributed by atoms with E-state index in [0.717, 1.165) is 11.1 Å². The molecule has 0 spiro atoms. The Morgan fingerprint density at radius 3 is 2.00 bits per heavy atom. The largest absolute Gasteiger partial charge is 0.485 e. The first-order chi connectivity index (χ1) is 18.5. The number of cyclic esters (lactones) is 1. The number of aliphatic imine (C=N–C) groups is 1. The van der Waals surface area contributed by atoms with Gasteiger partial charge in [0.05, 0.1) is 4.92 Å². The Morgan fingerprint density at radius 1 is 0.789 bits per heavy atom. The first-order valence-electron chi connectivity index (χ1n) is 11.8. The Kier molecular flexibility index (Phi) is 7.22. The summed E-state index contributed by atoms with van der Waals surface area (Å²) in [7, 11) is 0. The molecular weight excluding hydrogens is 484 g/mol. The molecule has 8 nitrogen and oxygen atoms in total. The minimum absolute atomic E-state index is 0.0629. The summed E-state index contributed by atoms with van der Waals surface area (Å²) in [5.74, 6) is 0.551. The second-order valence-electron chi connectivity index (χ2n) is 8.39. The van der Waals surface area contributed by atoms with Crippen LogP contribution in [-0.2, 0) is 22.7 Å². The van der Waals surface area contributed by atoms with Gasteiger partial charge in [0.15, 0.2) is 17.2 Å². The number of nitro benzene ring substituents is 1. The van der Waals surface area contributed by atoms with E-state index >= 15 is 0 Å². The maximum atomic E-state index is 12.5. The quantitative estimate of drug-likeness (QED) is 0.118. The zero-order valence-corrected chi connectivity index (χ0v) is 20.2. The van der Waals surface area contributed by atoms with Gasteiger partial charge in [-0.1, -0.05) is 66.7 Å². The number of hydrogen-bond acceptors (Lipinski definition) is 7. The molecule has 1 aliphatic heterocycles. The SMILES string of the molecule is O=C1OC(c2ccc([N+](=O)[O-])cc2)=N/C1=C\c1ccc(OCc2ccccc2)c(OCc2ccccc2)c1. The smallest absolute Gasteiger partial charge is 0.363 e. The van der Waals surface area contributed by atoms with Gasteiger partial charge in [-0.05, 0) is 47.0 Å². The standard InChI is InChI=1S/C30H22N2O6/c33-30-26(31-29(38-30)24-12-14-25(15-13-24)32(34)35)17-23-11-16-27(36-19-21-7-3-1-4-8-21)28(18-23)37-20-22-9-5-2-6-10-22/h1-18H,19-20H2/b26-17-. The summed E-state index contributed by atoms with van der Waals surface area (Å²) in [6.07, 6.45) is 1.59. The normalized spacial score (nSPS) is 13.6. The predicted octanol–water partition coefficient (Wildman–Crippen LogP) is 6.10. The zero-order chi connectivity index (χ0) is 26.3. The Bertz CT molecular complexity index is 1510. The van der Waals surface area contributed by atoms with E-state index in [1.165, 1.54) is 24.3 Å². The molecule has 1 aliphatic rings. The summed E-state index contributed by atoms with van der Waals surface area (Å²) in [6, 6.07) is 30.6. The molecule has 188 valence electrons. The molecule has 1 heterocycles. The summed E-state index contributed by atoms with van der Waals surface area (Å²) < 4.78 is 17.4. The van der Waals surface area contributed by atoms with E-state index < -0.39 is 10.9 Å². The molecule has 0 saturated heterocycles. The van der Waals surface area contributed by atoms with Gasteiger partial charge in [-0.3, -0.25) is 10.1 Å². The Hall–Kier alpha value is -5.24. The van der Waals surface area contributed by atoms with E-state index in [1.807, 2.05) is 60.7 Å². The van der Waals surface area contributed by atoms with Crippen LogP contribution in [0.25, 0.3) is 6.08 Å². The molecule has 4 aromatic rings. The Balaban J connectivity index is 1.39. The number of hydrogen-bond donors (Lipinski definition) is 0. The highest BCUT2D eigenvalue weighted by atomic mass is 16.6. The average Bonchev–Trinajstić information content (AvgIpc) is 3.32. The molecule has 5 rings (SSSR count). The van der Waals surface area contributed by atoms with Gasteiger partial charge in [0.1, 0.15) is 13.2 Å². The number of non-ortho nitro benzene ring substituents is 1. The summed E-state index contributed by atoms with van der Waals surface area (Å²) in [6.45, 7) is 0.714. The molecule has 0 N–H and O–H groups in total. The maximum absolute atomic E-state index is 12.5. The lowest BCUT2D eigenvalue weighted by Crippen LogP contribution is -2.05. The van der Waals surface area contributed by atoms with Crippen LogP contribution in [0, 0.1) is 10.1 Å². The van der Waals surface area contributed by atoms with Gasteiger partial charge in [-0.15, -0.1) is 0 Å². The third kappa shape index (κ3) is 5.93. The highest BCUT2D eigenvalue weighted by Crippen LogP contribution is 2.32. The molecule has 0 unspecified atom stereocenters. The Morgan fingerprint density at radius 2 is 1.39 bits per heavy atom. The number of nitrogens with zero attached hydrogens (tertiary/aromatic N) is 2. The summed E-state index contributed by atoms with van der Waals surface area (Å²) in [5.41, 5.74) is 3.19. The predicted molar refractivity (Wildman–Crippen MR) is 142 cm³/mol. The lowest BCUT2D eigenvalue weighted by atomic mass is 10.1. The van der Waals surface area contributed by atoms with Crippen molar-refractivity contribution in [2.24, 2.45) is 4.99 Å². The van der Waals surface area contributed by atoms with Crippen molar-refractivity contribution in [1.82, 2.24) is 0 Å². The van der Waals surface area contributed by atoms with E-state index in [2.05, 4.69) is 4.99 Å². The minimum atomic E-state index is -0.616. The van der Waals surface area contributed by atoms with Crippen molar-refractivity contribution in [3.05, 3.63) is 141 Å². The van der Waals surface area contributed by atoms with Crippen LogP contribution >= 0.6 is 0 Å². The van der Waals surface area contributed by atoms with Crippen molar-refractivity contribution in [3.63, 3.8) is 0 Å². The van der Waals surface area contributed by atoms with E-state index in [1.54, 1.807) is 24.3 Å². The topological polar surface area (TPSA) is 100 Å². The molecular formula is C30H22N2O6. The molecule has 0 aromatic heterocycles. The lowest BCUT2D eigenvalue weighted by molar-refractivity contribution is -0.384. The van der Waals surface area contributed by atoms with Crippen LogP contribution in [0.2, 0.25) is 0 Å². The van der Waals surface area contributed by atoms with Gasteiger partial charge in [0, 0.05) is 17.7 Å². The number of benzene rings is 4. The fraction of sp³-hybridized carbons (Fsp3) is 0.0667. The van der Waals surface area contributed by atoms with Crippen LogP contribution in [0.3, 0.4) is 0 Å². The second-order valence-corrected chi connectivity index (χ2v) is 8.39. The van der Waals surface area contributed by atoms with Crippen molar-refractivity contribution in [2.75, 3.05) is 0 Å². The van der Waals surface area contributed by atoms with E-state index in [0.29, 0.717) is 35.8 Å². The van der Waals surface area contributed by atoms with E-state index in [9.17, 15) is 14.9 Å². The molecule has 38 heavy (non-hydrogen) atoms.